The molecule has 1 aromatic rings. The van der Waals surface area contributed by atoms with Crippen LogP contribution in [0.15, 0.2) is 23.1 Å². The zero-order chi connectivity index (χ0) is 18.0. The Morgan fingerprint density at radius 3 is 2.92 bits per heavy atom. The zero-order valence-corrected chi connectivity index (χ0v) is 15.2. The molecular weight excluding hydrogens is 362 g/mol. The van der Waals surface area contributed by atoms with Gasteiger partial charge >= 0.3 is 5.97 Å². The summed E-state index contributed by atoms with van der Waals surface area (Å²) in [7, 11) is 0. The number of thioether (sulfide) groups is 1. The third-order valence-corrected chi connectivity index (χ3v) is 5.28. The SMILES string of the molecule is CCCCC(C(=O)O)N1C(=O)C(=Cc2ccc3c(c2)OCO3)SC1=S. The Labute approximate surface area is 154 Å². The molecule has 2 heterocycles. The lowest BCUT2D eigenvalue weighted by Gasteiger charge is -2.22. The number of thiocarbonyl (C=S) groups is 1. The highest BCUT2D eigenvalue weighted by Crippen LogP contribution is 2.37. The molecule has 0 bridgehead atoms. The molecule has 1 unspecified atom stereocenters. The molecule has 2 aliphatic heterocycles. The third kappa shape index (κ3) is 3.64. The summed E-state index contributed by atoms with van der Waals surface area (Å²) in [5, 5.41) is 9.46. The summed E-state index contributed by atoms with van der Waals surface area (Å²) in [5.41, 5.74) is 0.769. The highest BCUT2D eigenvalue weighted by molar-refractivity contribution is 8.26. The van der Waals surface area contributed by atoms with E-state index < -0.39 is 12.0 Å². The van der Waals surface area contributed by atoms with Crippen LogP contribution in [0.5, 0.6) is 11.5 Å². The van der Waals surface area contributed by atoms with E-state index in [1.807, 2.05) is 13.0 Å². The first-order valence-electron chi connectivity index (χ1n) is 7.90. The topological polar surface area (TPSA) is 76.1 Å². The lowest BCUT2D eigenvalue weighted by atomic mass is 10.1. The van der Waals surface area contributed by atoms with E-state index in [1.165, 1.54) is 4.90 Å². The molecule has 0 spiro atoms. The van der Waals surface area contributed by atoms with Crippen LogP contribution in [0.1, 0.15) is 31.7 Å². The molecule has 0 aromatic heterocycles. The first kappa shape index (κ1) is 17.8. The Balaban J connectivity index is 1.83. The van der Waals surface area contributed by atoms with Gasteiger partial charge in [-0.3, -0.25) is 9.69 Å². The van der Waals surface area contributed by atoms with Crippen LogP contribution >= 0.6 is 24.0 Å². The predicted octanol–water partition coefficient (Wildman–Crippen LogP) is 3.26. The Morgan fingerprint density at radius 1 is 1.44 bits per heavy atom. The monoisotopic (exact) mass is 379 g/mol. The number of carbonyl (C=O) groups is 2. The minimum absolute atomic E-state index is 0.179. The van der Waals surface area contributed by atoms with Crippen molar-refractivity contribution in [1.29, 1.82) is 0 Å². The Kier molecular flexibility index (Phi) is 5.29. The fraction of sp³-hybridized carbons (Fsp3) is 0.353. The number of hydrogen-bond acceptors (Lipinski definition) is 6. The molecule has 8 heteroatoms. The van der Waals surface area contributed by atoms with E-state index in [0.717, 1.165) is 30.2 Å². The van der Waals surface area contributed by atoms with Gasteiger partial charge in [0.05, 0.1) is 4.91 Å². The average Bonchev–Trinajstić information content (AvgIpc) is 3.14. The minimum Gasteiger partial charge on any atom is -0.480 e. The van der Waals surface area contributed by atoms with Crippen molar-refractivity contribution in [2.75, 3.05) is 6.79 Å². The van der Waals surface area contributed by atoms with Crippen molar-refractivity contribution < 1.29 is 24.2 Å². The number of nitrogens with zero attached hydrogens (tertiary/aromatic N) is 1. The molecule has 2 aliphatic rings. The fourth-order valence-electron chi connectivity index (χ4n) is 2.66. The molecule has 3 rings (SSSR count). The second-order valence-corrected chi connectivity index (χ2v) is 7.34. The molecule has 0 saturated carbocycles. The largest absolute Gasteiger partial charge is 0.480 e. The van der Waals surface area contributed by atoms with Crippen molar-refractivity contribution in [2.24, 2.45) is 0 Å². The summed E-state index contributed by atoms with van der Waals surface area (Å²) in [4.78, 5) is 25.9. The van der Waals surface area contributed by atoms with E-state index in [4.69, 9.17) is 21.7 Å². The van der Waals surface area contributed by atoms with Crippen molar-refractivity contribution in [3.05, 3.63) is 28.7 Å². The number of rotatable bonds is 6. The summed E-state index contributed by atoms with van der Waals surface area (Å²) < 4.78 is 10.9. The van der Waals surface area contributed by atoms with Gasteiger partial charge in [-0.15, -0.1) is 0 Å². The van der Waals surface area contributed by atoms with E-state index in [1.54, 1.807) is 18.2 Å². The molecule has 1 atom stereocenters. The van der Waals surface area contributed by atoms with E-state index >= 15 is 0 Å². The number of amides is 1. The van der Waals surface area contributed by atoms with Crippen LogP contribution < -0.4 is 9.47 Å². The lowest BCUT2D eigenvalue weighted by molar-refractivity contribution is -0.145. The molecule has 25 heavy (non-hydrogen) atoms. The van der Waals surface area contributed by atoms with Gasteiger partial charge in [0.1, 0.15) is 10.4 Å². The Morgan fingerprint density at radius 2 is 2.20 bits per heavy atom. The van der Waals surface area contributed by atoms with Crippen LogP contribution in [0.3, 0.4) is 0 Å². The summed E-state index contributed by atoms with van der Waals surface area (Å²) in [6, 6.07) is 4.44. The minimum atomic E-state index is -1.03. The van der Waals surface area contributed by atoms with E-state index in [2.05, 4.69) is 0 Å². The molecule has 132 valence electrons. The third-order valence-electron chi connectivity index (χ3n) is 3.95. The van der Waals surface area contributed by atoms with Gasteiger partial charge in [-0.1, -0.05) is 49.8 Å². The number of fused-ring (bicyclic) bond motifs is 1. The van der Waals surface area contributed by atoms with Crippen LogP contribution in [-0.2, 0) is 9.59 Å². The van der Waals surface area contributed by atoms with Crippen molar-refractivity contribution >= 4 is 46.3 Å². The quantitative estimate of drug-likeness (QED) is 0.600. The van der Waals surface area contributed by atoms with E-state index in [-0.39, 0.29) is 17.0 Å². The summed E-state index contributed by atoms with van der Waals surface area (Å²) in [6.45, 7) is 2.15. The van der Waals surface area contributed by atoms with Crippen molar-refractivity contribution in [2.45, 2.75) is 32.2 Å². The second kappa shape index (κ2) is 7.45. The Bertz CT molecular complexity index is 761. The van der Waals surface area contributed by atoms with Gasteiger partial charge in [0.15, 0.2) is 11.5 Å². The summed E-state index contributed by atoms with van der Waals surface area (Å²) in [5.74, 6) is -0.115. The second-order valence-electron chi connectivity index (χ2n) is 5.66. The molecule has 1 fully saturated rings. The van der Waals surface area contributed by atoms with Crippen molar-refractivity contribution in [3.63, 3.8) is 0 Å². The number of carbonyl (C=O) groups excluding carboxylic acids is 1. The van der Waals surface area contributed by atoms with Crippen LogP contribution in [0.25, 0.3) is 6.08 Å². The normalized spacial score (nSPS) is 18.9. The average molecular weight is 379 g/mol. The number of aliphatic carboxylic acids is 1. The molecule has 6 nitrogen and oxygen atoms in total. The maximum absolute atomic E-state index is 12.7. The van der Waals surface area contributed by atoms with Crippen LogP contribution in [0, 0.1) is 0 Å². The molecule has 1 N–H and O–H groups in total. The number of benzene rings is 1. The molecule has 1 amide bonds. The molecule has 1 aromatic carbocycles. The van der Waals surface area contributed by atoms with Gasteiger partial charge in [0.2, 0.25) is 6.79 Å². The van der Waals surface area contributed by atoms with Gasteiger partial charge < -0.3 is 14.6 Å². The standard InChI is InChI=1S/C17H17NO5S2/c1-2-3-4-11(16(20)21)18-15(19)14(25-17(18)24)8-10-5-6-12-13(7-10)23-9-22-12/h5-8,11H,2-4,9H2,1H3,(H,20,21). The molecule has 1 saturated heterocycles. The van der Waals surface area contributed by atoms with Gasteiger partial charge in [-0.2, -0.15) is 0 Å². The maximum atomic E-state index is 12.7. The summed E-state index contributed by atoms with van der Waals surface area (Å²) in [6.07, 6.45) is 3.65. The smallest absolute Gasteiger partial charge is 0.326 e. The van der Waals surface area contributed by atoms with Crippen LogP contribution in [0.2, 0.25) is 0 Å². The molecular formula is C17H17NO5S2. The van der Waals surface area contributed by atoms with Crippen molar-refractivity contribution in [3.8, 4) is 11.5 Å². The van der Waals surface area contributed by atoms with Crippen LogP contribution in [0.4, 0.5) is 0 Å². The van der Waals surface area contributed by atoms with Gasteiger partial charge in [-0.05, 0) is 30.2 Å². The van der Waals surface area contributed by atoms with Crippen molar-refractivity contribution in [1.82, 2.24) is 4.90 Å². The number of carboxylic acid groups (broad SMARTS) is 1. The highest BCUT2D eigenvalue weighted by Gasteiger charge is 2.40. The first-order chi connectivity index (χ1) is 12.0. The van der Waals surface area contributed by atoms with Crippen LogP contribution in [-0.4, -0.2) is 39.0 Å². The first-order valence-corrected chi connectivity index (χ1v) is 9.13. The number of ether oxygens (including phenoxy) is 2. The number of unbranched alkanes of at least 4 members (excludes halogenated alkanes) is 1. The van der Waals surface area contributed by atoms with Gasteiger partial charge in [0.25, 0.3) is 5.91 Å². The van der Waals surface area contributed by atoms with Gasteiger partial charge in [0, 0.05) is 0 Å². The summed E-state index contributed by atoms with van der Waals surface area (Å²) >= 11 is 6.38. The van der Waals surface area contributed by atoms with E-state index in [0.29, 0.717) is 22.8 Å². The maximum Gasteiger partial charge on any atom is 0.326 e. The predicted molar refractivity (Wildman–Crippen MR) is 98.5 cm³/mol. The zero-order valence-electron chi connectivity index (χ0n) is 13.6. The molecule has 0 aliphatic carbocycles. The Hall–Kier alpha value is -2.06. The van der Waals surface area contributed by atoms with Gasteiger partial charge in [-0.25, -0.2) is 4.79 Å². The number of hydrogen-bond donors (Lipinski definition) is 1. The lowest BCUT2D eigenvalue weighted by Crippen LogP contribution is -2.43. The fourth-order valence-corrected chi connectivity index (χ4v) is 4.02. The molecule has 0 radical (unpaired) electrons. The van der Waals surface area contributed by atoms with E-state index in [9.17, 15) is 14.7 Å². The number of carboxylic acids is 1. The highest BCUT2D eigenvalue weighted by atomic mass is 32.2.